The molecule has 4 rings (SSSR count). The van der Waals surface area contributed by atoms with Crippen molar-refractivity contribution in [3.05, 3.63) is 58.6 Å². The van der Waals surface area contributed by atoms with Gasteiger partial charge in [0.25, 0.3) is 5.91 Å². The molecule has 30 heavy (non-hydrogen) atoms. The molecule has 4 nitrogen and oxygen atoms in total. The molecule has 0 aromatic heterocycles. The Hall–Kier alpha value is -2.20. The van der Waals surface area contributed by atoms with Gasteiger partial charge in [0.15, 0.2) is 11.5 Å². The third kappa shape index (κ3) is 5.10. The van der Waals surface area contributed by atoms with Crippen LogP contribution in [-0.2, 0) is 6.42 Å². The molecule has 0 unspecified atom stereocenters. The number of likely N-dealkylation sites (tertiary alicyclic amines) is 1. The minimum atomic E-state index is 0.0989. The number of ether oxygens (including phenoxy) is 2. The van der Waals surface area contributed by atoms with Crippen molar-refractivity contribution in [2.45, 2.75) is 51.0 Å². The summed E-state index contributed by atoms with van der Waals surface area (Å²) in [4.78, 5) is 14.7. The number of methoxy groups -OCH3 is 1. The second-order valence-electron chi connectivity index (χ2n) is 8.46. The fourth-order valence-corrected chi connectivity index (χ4v) is 4.70. The van der Waals surface area contributed by atoms with E-state index in [1.807, 2.05) is 11.0 Å². The Kier molecular flexibility index (Phi) is 6.83. The van der Waals surface area contributed by atoms with Gasteiger partial charge in [0.2, 0.25) is 0 Å². The van der Waals surface area contributed by atoms with Gasteiger partial charge in [-0.2, -0.15) is 0 Å². The Labute approximate surface area is 184 Å². The van der Waals surface area contributed by atoms with E-state index in [9.17, 15) is 4.79 Å². The van der Waals surface area contributed by atoms with Crippen LogP contribution in [0.25, 0.3) is 0 Å². The van der Waals surface area contributed by atoms with Crippen molar-refractivity contribution >= 4 is 17.5 Å². The predicted octanol–water partition coefficient (Wildman–Crippen LogP) is 5.76. The molecule has 5 heteroatoms. The number of piperidine rings is 1. The molecular formula is C25H30ClNO3. The number of halogens is 1. The second-order valence-corrected chi connectivity index (χ2v) is 8.89. The third-order valence-electron chi connectivity index (χ3n) is 6.34. The van der Waals surface area contributed by atoms with E-state index < -0.39 is 0 Å². The molecule has 1 aliphatic carbocycles. The summed E-state index contributed by atoms with van der Waals surface area (Å²) in [6.07, 6.45) is 8.12. The molecule has 1 aliphatic heterocycles. The van der Waals surface area contributed by atoms with Gasteiger partial charge in [-0.25, -0.2) is 0 Å². The van der Waals surface area contributed by atoms with E-state index in [1.54, 1.807) is 31.4 Å². The standard InChI is InChI=1S/C25H30ClNO3/c1-29-23-11-6-19(17-24(23)30-22-4-2-3-5-22)16-18-12-14-27(15-13-18)25(28)20-7-9-21(26)10-8-20/h6-11,17-18,22H,2-5,12-16H2,1H3. The summed E-state index contributed by atoms with van der Waals surface area (Å²) in [6.45, 7) is 1.60. The van der Waals surface area contributed by atoms with Gasteiger partial charge in [-0.1, -0.05) is 17.7 Å². The Balaban J connectivity index is 1.34. The van der Waals surface area contributed by atoms with Crippen LogP contribution in [0.15, 0.2) is 42.5 Å². The summed E-state index contributed by atoms with van der Waals surface area (Å²) in [5.74, 6) is 2.36. The van der Waals surface area contributed by atoms with Crippen LogP contribution in [0.2, 0.25) is 5.02 Å². The quantitative estimate of drug-likeness (QED) is 0.587. The largest absolute Gasteiger partial charge is 0.493 e. The van der Waals surface area contributed by atoms with Gasteiger partial charge < -0.3 is 14.4 Å². The van der Waals surface area contributed by atoms with Gasteiger partial charge in [-0.05, 0) is 92.8 Å². The first-order valence-electron chi connectivity index (χ1n) is 11.0. The van der Waals surface area contributed by atoms with Gasteiger partial charge in [0, 0.05) is 23.7 Å². The molecule has 2 aromatic rings. The molecular weight excluding hydrogens is 398 g/mol. The van der Waals surface area contributed by atoms with Gasteiger partial charge in [0.05, 0.1) is 13.2 Å². The number of carbonyl (C=O) groups excluding carboxylic acids is 1. The molecule has 1 saturated carbocycles. The minimum Gasteiger partial charge on any atom is -0.493 e. The molecule has 2 fully saturated rings. The zero-order valence-corrected chi connectivity index (χ0v) is 18.4. The lowest BCUT2D eigenvalue weighted by atomic mass is 9.90. The fourth-order valence-electron chi connectivity index (χ4n) is 4.57. The summed E-state index contributed by atoms with van der Waals surface area (Å²) in [6, 6.07) is 13.5. The van der Waals surface area contributed by atoms with E-state index in [-0.39, 0.29) is 5.91 Å². The number of amides is 1. The number of carbonyl (C=O) groups is 1. The molecule has 2 aromatic carbocycles. The Bertz CT molecular complexity index is 853. The number of hydrogen-bond donors (Lipinski definition) is 0. The monoisotopic (exact) mass is 427 g/mol. The molecule has 160 valence electrons. The van der Waals surface area contributed by atoms with Crippen molar-refractivity contribution < 1.29 is 14.3 Å². The number of rotatable bonds is 6. The highest BCUT2D eigenvalue weighted by Gasteiger charge is 2.24. The fraction of sp³-hybridized carbons (Fsp3) is 0.480. The number of nitrogens with zero attached hydrogens (tertiary/aromatic N) is 1. The third-order valence-corrected chi connectivity index (χ3v) is 6.59. The second kappa shape index (κ2) is 9.74. The molecule has 2 aliphatic rings. The van der Waals surface area contributed by atoms with E-state index in [0.29, 0.717) is 22.6 Å². The highest BCUT2D eigenvalue weighted by Crippen LogP contribution is 2.34. The summed E-state index contributed by atoms with van der Waals surface area (Å²) in [5, 5.41) is 0.654. The van der Waals surface area contributed by atoms with Crippen molar-refractivity contribution in [2.24, 2.45) is 5.92 Å². The lowest BCUT2D eigenvalue weighted by Crippen LogP contribution is -2.38. The van der Waals surface area contributed by atoms with E-state index in [0.717, 1.165) is 56.7 Å². The lowest BCUT2D eigenvalue weighted by molar-refractivity contribution is 0.0690. The Morgan fingerprint density at radius 3 is 2.37 bits per heavy atom. The number of hydrogen-bond acceptors (Lipinski definition) is 3. The van der Waals surface area contributed by atoms with Crippen molar-refractivity contribution in [1.82, 2.24) is 4.90 Å². The predicted molar refractivity (Wildman–Crippen MR) is 120 cm³/mol. The van der Waals surface area contributed by atoms with E-state index in [2.05, 4.69) is 12.1 Å². The average molecular weight is 428 g/mol. The van der Waals surface area contributed by atoms with Crippen LogP contribution in [0, 0.1) is 5.92 Å². The zero-order chi connectivity index (χ0) is 20.9. The van der Waals surface area contributed by atoms with Crippen LogP contribution >= 0.6 is 11.6 Å². The van der Waals surface area contributed by atoms with Crippen molar-refractivity contribution in [3.63, 3.8) is 0 Å². The molecule has 1 amide bonds. The van der Waals surface area contributed by atoms with Crippen LogP contribution in [-0.4, -0.2) is 37.1 Å². The highest BCUT2D eigenvalue weighted by atomic mass is 35.5. The van der Waals surface area contributed by atoms with Crippen LogP contribution in [0.3, 0.4) is 0 Å². The van der Waals surface area contributed by atoms with Crippen LogP contribution in [0.4, 0.5) is 0 Å². The van der Waals surface area contributed by atoms with Crippen molar-refractivity contribution in [1.29, 1.82) is 0 Å². The molecule has 0 radical (unpaired) electrons. The molecule has 0 N–H and O–H groups in total. The van der Waals surface area contributed by atoms with Crippen molar-refractivity contribution in [2.75, 3.05) is 20.2 Å². The van der Waals surface area contributed by atoms with Gasteiger partial charge in [-0.15, -0.1) is 0 Å². The maximum absolute atomic E-state index is 12.7. The first-order valence-corrected chi connectivity index (χ1v) is 11.4. The van der Waals surface area contributed by atoms with E-state index in [1.165, 1.54) is 18.4 Å². The van der Waals surface area contributed by atoms with Crippen LogP contribution in [0.1, 0.15) is 54.4 Å². The first-order chi connectivity index (χ1) is 14.6. The van der Waals surface area contributed by atoms with Crippen LogP contribution < -0.4 is 9.47 Å². The van der Waals surface area contributed by atoms with E-state index >= 15 is 0 Å². The zero-order valence-electron chi connectivity index (χ0n) is 17.6. The SMILES string of the molecule is COc1ccc(CC2CCN(C(=O)c3ccc(Cl)cc3)CC2)cc1OC1CCCC1. The number of benzene rings is 2. The smallest absolute Gasteiger partial charge is 0.253 e. The summed E-state index contributed by atoms with van der Waals surface area (Å²) in [5.41, 5.74) is 1.99. The molecule has 1 heterocycles. The first kappa shape index (κ1) is 21.0. The Morgan fingerprint density at radius 2 is 1.70 bits per heavy atom. The summed E-state index contributed by atoms with van der Waals surface area (Å²) in [7, 11) is 1.70. The van der Waals surface area contributed by atoms with Gasteiger partial charge in [0.1, 0.15) is 0 Å². The van der Waals surface area contributed by atoms with E-state index in [4.69, 9.17) is 21.1 Å². The summed E-state index contributed by atoms with van der Waals surface area (Å²) < 4.78 is 11.8. The molecule has 1 saturated heterocycles. The van der Waals surface area contributed by atoms with Crippen molar-refractivity contribution in [3.8, 4) is 11.5 Å². The molecule has 0 bridgehead atoms. The topological polar surface area (TPSA) is 38.8 Å². The van der Waals surface area contributed by atoms with Gasteiger partial charge in [-0.3, -0.25) is 4.79 Å². The average Bonchev–Trinajstić information content (AvgIpc) is 3.28. The molecule has 0 spiro atoms. The Morgan fingerprint density at radius 1 is 1.00 bits per heavy atom. The minimum absolute atomic E-state index is 0.0989. The van der Waals surface area contributed by atoms with Crippen LogP contribution in [0.5, 0.6) is 11.5 Å². The normalized spacial score (nSPS) is 17.9. The maximum atomic E-state index is 12.7. The maximum Gasteiger partial charge on any atom is 0.253 e. The highest BCUT2D eigenvalue weighted by molar-refractivity contribution is 6.30. The lowest BCUT2D eigenvalue weighted by Gasteiger charge is -2.32. The summed E-state index contributed by atoms with van der Waals surface area (Å²) >= 11 is 5.93. The molecule has 0 atom stereocenters. The van der Waals surface area contributed by atoms with Gasteiger partial charge >= 0.3 is 0 Å².